The van der Waals surface area contributed by atoms with Gasteiger partial charge in [0.2, 0.25) is 0 Å². The van der Waals surface area contributed by atoms with E-state index in [0.29, 0.717) is 0 Å². The van der Waals surface area contributed by atoms with E-state index in [4.69, 9.17) is 9.47 Å². The van der Waals surface area contributed by atoms with Crippen molar-refractivity contribution in [2.24, 2.45) is 0 Å². The average molecular weight is 487 g/mol. The Hall–Kier alpha value is -2.58. The summed E-state index contributed by atoms with van der Waals surface area (Å²) in [5.74, 6) is 0.929. The molecule has 3 rings (SSSR count). The molecular weight excluding hydrogens is 440 g/mol. The van der Waals surface area contributed by atoms with E-state index in [1.165, 1.54) is 79.2 Å². The summed E-state index contributed by atoms with van der Waals surface area (Å²) in [6, 6.07) is 26.0. The zero-order valence-corrected chi connectivity index (χ0v) is 22.8. The van der Waals surface area contributed by atoms with Gasteiger partial charge >= 0.3 is 0 Å². The highest BCUT2D eigenvalue weighted by molar-refractivity contribution is 5.83. The molecule has 36 heavy (non-hydrogen) atoms. The molecule has 194 valence electrons. The van der Waals surface area contributed by atoms with Crippen LogP contribution in [0.4, 0.5) is 0 Å². The van der Waals surface area contributed by atoms with Crippen molar-refractivity contribution in [3.8, 4) is 28.0 Å². The van der Waals surface area contributed by atoms with Crippen molar-refractivity contribution in [1.82, 2.24) is 0 Å². The highest BCUT2D eigenvalue weighted by atomic mass is 16.5. The summed E-state index contributed by atoms with van der Waals surface area (Å²) in [6.07, 6.45) is 13.2. The first-order valence-corrected chi connectivity index (χ1v) is 14.3. The molecular formula is C34H46O2. The number of hydrogen-bond acceptors (Lipinski definition) is 2. The molecule has 0 aliphatic heterocycles. The fourth-order valence-corrected chi connectivity index (χ4v) is 4.64. The van der Waals surface area contributed by atoms with Gasteiger partial charge in [0.25, 0.3) is 0 Å². The van der Waals surface area contributed by atoms with Crippen molar-refractivity contribution in [3.05, 3.63) is 78.4 Å². The largest absolute Gasteiger partial charge is 0.494 e. The van der Waals surface area contributed by atoms with Crippen LogP contribution in [0.2, 0.25) is 0 Å². The van der Waals surface area contributed by atoms with Crippen LogP contribution in [0.15, 0.2) is 72.8 Å². The van der Waals surface area contributed by atoms with Crippen LogP contribution in [0.3, 0.4) is 0 Å². The van der Waals surface area contributed by atoms with Crippen LogP contribution in [-0.4, -0.2) is 13.2 Å². The van der Waals surface area contributed by atoms with E-state index < -0.39 is 0 Å². The molecule has 0 saturated carbocycles. The fourth-order valence-electron chi connectivity index (χ4n) is 4.64. The van der Waals surface area contributed by atoms with Crippen LogP contribution in [0, 0.1) is 0 Å². The van der Waals surface area contributed by atoms with Crippen LogP contribution in [0.25, 0.3) is 22.3 Å². The Bertz CT molecular complexity index is 975. The molecule has 0 heterocycles. The lowest BCUT2D eigenvalue weighted by Crippen LogP contribution is -2.02. The molecule has 0 aliphatic rings. The van der Waals surface area contributed by atoms with E-state index >= 15 is 0 Å². The van der Waals surface area contributed by atoms with E-state index in [2.05, 4.69) is 93.6 Å². The fraction of sp³-hybridized carbons (Fsp3) is 0.471. The van der Waals surface area contributed by atoms with E-state index in [1.807, 2.05) is 0 Å². The lowest BCUT2D eigenvalue weighted by Gasteiger charge is -2.15. The number of rotatable bonds is 17. The summed E-state index contributed by atoms with van der Waals surface area (Å²) >= 11 is 0. The Balaban J connectivity index is 1.49. The second-order valence-corrected chi connectivity index (χ2v) is 9.88. The Morgan fingerprint density at radius 3 is 1.64 bits per heavy atom. The molecule has 1 atom stereocenters. The highest BCUT2D eigenvalue weighted by Gasteiger charge is 2.10. The predicted molar refractivity (Wildman–Crippen MR) is 155 cm³/mol. The number of unbranched alkanes of at least 4 members (excludes halogenated alkanes) is 8. The standard InChI is InChI=1S/C34H46O2/c1-4-6-7-8-9-10-11-12-15-27-35-28(3)29-18-20-30(21-19-29)33-16-13-14-17-34(33)31-22-24-32(25-23-31)36-26-5-2/h13-14,16-25,28H,4-12,15,26-27H2,1-3H3. The first kappa shape index (κ1) is 28.0. The maximum Gasteiger partial charge on any atom is 0.119 e. The van der Waals surface area contributed by atoms with Crippen molar-refractivity contribution in [2.45, 2.75) is 91.1 Å². The SMILES string of the molecule is CCCCCCCCCCCOC(C)c1ccc(-c2ccccc2-c2ccc(OCCC)cc2)cc1. The molecule has 0 aliphatic carbocycles. The van der Waals surface area contributed by atoms with Crippen LogP contribution in [0.1, 0.15) is 96.6 Å². The predicted octanol–water partition coefficient (Wildman–Crippen LogP) is 10.4. The Morgan fingerprint density at radius 1 is 0.556 bits per heavy atom. The molecule has 0 saturated heterocycles. The van der Waals surface area contributed by atoms with E-state index in [-0.39, 0.29) is 6.10 Å². The molecule has 1 unspecified atom stereocenters. The van der Waals surface area contributed by atoms with Crippen LogP contribution >= 0.6 is 0 Å². The van der Waals surface area contributed by atoms with Gasteiger partial charge in [0.15, 0.2) is 0 Å². The van der Waals surface area contributed by atoms with Gasteiger partial charge in [-0.2, -0.15) is 0 Å². The van der Waals surface area contributed by atoms with Crippen molar-refractivity contribution in [1.29, 1.82) is 0 Å². The third-order valence-electron chi connectivity index (χ3n) is 6.87. The van der Waals surface area contributed by atoms with Crippen molar-refractivity contribution < 1.29 is 9.47 Å². The maximum atomic E-state index is 6.15. The molecule has 0 fully saturated rings. The normalized spacial score (nSPS) is 12.0. The average Bonchev–Trinajstić information content (AvgIpc) is 2.93. The minimum absolute atomic E-state index is 0.124. The second-order valence-electron chi connectivity index (χ2n) is 9.88. The molecule has 3 aromatic rings. The molecule has 0 bridgehead atoms. The molecule has 0 radical (unpaired) electrons. The molecule has 0 spiro atoms. The van der Waals surface area contributed by atoms with Crippen molar-refractivity contribution in [2.75, 3.05) is 13.2 Å². The third kappa shape index (κ3) is 9.13. The number of benzene rings is 3. The zero-order valence-electron chi connectivity index (χ0n) is 22.8. The molecule has 0 N–H and O–H groups in total. The quantitative estimate of drug-likeness (QED) is 0.177. The zero-order chi connectivity index (χ0) is 25.4. The number of hydrogen-bond donors (Lipinski definition) is 0. The second kappa shape index (κ2) is 16.2. The molecule has 3 aromatic carbocycles. The Labute approximate surface area is 220 Å². The summed E-state index contributed by atoms with van der Waals surface area (Å²) in [7, 11) is 0. The summed E-state index contributed by atoms with van der Waals surface area (Å²) in [4.78, 5) is 0. The van der Waals surface area contributed by atoms with Crippen molar-refractivity contribution in [3.63, 3.8) is 0 Å². The Kier molecular flexibility index (Phi) is 12.6. The van der Waals surface area contributed by atoms with E-state index in [1.54, 1.807) is 0 Å². The molecule has 2 heteroatoms. The first-order chi connectivity index (χ1) is 17.7. The monoisotopic (exact) mass is 486 g/mol. The van der Waals surface area contributed by atoms with E-state index in [0.717, 1.165) is 31.8 Å². The molecule has 2 nitrogen and oxygen atoms in total. The van der Waals surface area contributed by atoms with Crippen LogP contribution in [-0.2, 0) is 4.74 Å². The van der Waals surface area contributed by atoms with Gasteiger partial charge < -0.3 is 9.47 Å². The maximum absolute atomic E-state index is 6.15. The van der Waals surface area contributed by atoms with Gasteiger partial charge in [-0.15, -0.1) is 0 Å². The van der Waals surface area contributed by atoms with Gasteiger partial charge in [0.05, 0.1) is 12.7 Å². The number of ether oxygens (including phenoxy) is 2. The van der Waals surface area contributed by atoms with Gasteiger partial charge in [0.1, 0.15) is 5.75 Å². The van der Waals surface area contributed by atoms with Gasteiger partial charge in [-0.1, -0.05) is 126 Å². The minimum atomic E-state index is 0.124. The summed E-state index contributed by atoms with van der Waals surface area (Å²) in [5, 5.41) is 0. The highest BCUT2D eigenvalue weighted by Crippen LogP contribution is 2.33. The van der Waals surface area contributed by atoms with E-state index in [9.17, 15) is 0 Å². The lowest BCUT2D eigenvalue weighted by molar-refractivity contribution is 0.0627. The van der Waals surface area contributed by atoms with Gasteiger partial charge in [0, 0.05) is 6.61 Å². The summed E-state index contributed by atoms with van der Waals surface area (Å²) in [5.41, 5.74) is 6.16. The van der Waals surface area contributed by atoms with Crippen LogP contribution < -0.4 is 4.74 Å². The topological polar surface area (TPSA) is 18.5 Å². The molecule has 0 amide bonds. The van der Waals surface area contributed by atoms with Gasteiger partial charge in [-0.05, 0) is 59.7 Å². The minimum Gasteiger partial charge on any atom is -0.494 e. The van der Waals surface area contributed by atoms with Crippen LogP contribution in [0.5, 0.6) is 5.75 Å². The smallest absolute Gasteiger partial charge is 0.119 e. The molecule has 0 aromatic heterocycles. The summed E-state index contributed by atoms with van der Waals surface area (Å²) < 4.78 is 11.9. The van der Waals surface area contributed by atoms with Gasteiger partial charge in [-0.25, -0.2) is 0 Å². The third-order valence-corrected chi connectivity index (χ3v) is 6.87. The van der Waals surface area contributed by atoms with Crippen molar-refractivity contribution >= 4 is 0 Å². The Morgan fingerprint density at radius 2 is 1.08 bits per heavy atom. The first-order valence-electron chi connectivity index (χ1n) is 14.3. The lowest BCUT2D eigenvalue weighted by atomic mass is 9.94. The summed E-state index contributed by atoms with van der Waals surface area (Å²) in [6.45, 7) is 8.17. The van der Waals surface area contributed by atoms with Gasteiger partial charge in [-0.3, -0.25) is 0 Å².